The van der Waals surface area contributed by atoms with E-state index in [2.05, 4.69) is 9.82 Å². The topological polar surface area (TPSA) is 64.0 Å². The molecule has 0 amide bonds. The van der Waals surface area contributed by atoms with Crippen molar-refractivity contribution in [2.45, 2.75) is 11.4 Å². The van der Waals surface area contributed by atoms with Gasteiger partial charge in [0, 0.05) is 23.1 Å². The summed E-state index contributed by atoms with van der Waals surface area (Å²) in [6.45, 7) is 0.569. The molecule has 1 heterocycles. The van der Waals surface area contributed by atoms with E-state index in [9.17, 15) is 8.42 Å². The molecule has 1 N–H and O–H groups in total. The number of hydrogen-bond donors (Lipinski definition) is 1. The van der Waals surface area contributed by atoms with E-state index >= 15 is 0 Å². The molecule has 0 fully saturated rings. The molecule has 0 saturated carbocycles. The maximum atomic E-state index is 12.4. The molecule has 0 bridgehead atoms. The van der Waals surface area contributed by atoms with Crippen LogP contribution in [0.4, 0.5) is 5.69 Å². The summed E-state index contributed by atoms with van der Waals surface area (Å²) in [5, 5.41) is 4.51. The normalized spacial score (nSPS) is 11.3. The van der Waals surface area contributed by atoms with Crippen LogP contribution < -0.4 is 4.72 Å². The third kappa shape index (κ3) is 3.91. The lowest BCUT2D eigenvalue weighted by Gasteiger charge is -2.10. The predicted molar refractivity (Wildman–Crippen MR) is 90.0 cm³/mol. The third-order valence-corrected chi connectivity index (χ3v) is 4.80. The first kappa shape index (κ1) is 15.6. The second-order valence-corrected chi connectivity index (χ2v) is 7.09. The zero-order chi connectivity index (χ0) is 16.3. The predicted octanol–water partition coefficient (Wildman–Crippen LogP) is 3.39. The van der Waals surface area contributed by atoms with E-state index in [0.717, 1.165) is 5.56 Å². The lowest BCUT2D eigenvalue weighted by atomic mass is 10.2. The highest BCUT2D eigenvalue weighted by Crippen LogP contribution is 2.20. The molecule has 0 aliphatic rings. The first-order chi connectivity index (χ1) is 11.0. The summed E-state index contributed by atoms with van der Waals surface area (Å²) < 4.78 is 29.1. The molecule has 0 spiro atoms. The van der Waals surface area contributed by atoms with Crippen LogP contribution in [0.1, 0.15) is 5.56 Å². The van der Waals surface area contributed by atoms with Crippen LogP contribution in [0.25, 0.3) is 0 Å². The number of nitrogens with one attached hydrogen (secondary N) is 1. The fraction of sp³-hybridized carbons (Fsp3) is 0.0625. The van der Waals surface area contributed by atoms with Gasteiger partial charge in [-0.3, -0.25) is 9.40 Å². The Balaban J connectivity index is 1.82. The van der Waals surface area contributed by atoms with Crippen LogP contribution in [0.5, 0.6) is 0 Å². The Morgan fingerprint density at radius 1 is 1.09 bits per heavy atom. The zero-order valence-corrected chi connectivity index (χ0v) is 13.6. The van der Waals surface area contributed by atoms with Gasteiger partial charge in [0.05, 0.1) is 11.4 Å². The molecule has 1 aromatic heterocycles. The standard InChI is InChI=1S/C16H14ClN3O2S/c17-14-5-2-7-16(11-14)23(21,22)19-15-6-1-4-13(10-15)12-20-9-3-8-18-20/h1-11,19H,12H2. The van der Waals surface area contributed by atoms with Crippen LogP contribution in [0.3, 0.4) is 0 Å². The fourth-order valence-electron chi connectivity index (χ4n) is 2.16. The van der Waals surface area contributed by atoms with Gasteiger partial charge in [-0.05, 0) is 42.0 Å². The van der Waals surface area contributed by atoms with Crippen molar-refractivity contribution in [3.8, 4) is 0 Å². The van der Waals surface area contributed by atoms with Crippen LogP contribution in [0.15, 0.2) is 71.9 Å². The van der Waals surface area contributed by atoms with Crippen molar-refractivity contribution in [1.29, 1.82) is 0 Å². The number of halogens is 1. The highest BCUT2D eigenvalue weighted by atomic mass is 35.5. The van der Waals surface area contributed by atoms with Crippen LogP contribution in [-0.2, 0) is 16.6 Å². The molecule has 5 nitrogen and oxygen atoms in total. The van der Waals surface area contributed by atoms with E-state index < -0.39 is 10.0 Å². The number of rotatable bonds is 5. The SMILES string of the molecule is O=S(=O)(Nc1cccc(Cn2cccn2)c1)c1cccc(Cl)c1. The molecular formula is C16H14ClN3O2S. The van der Waals surface area contributed by atoms with Crippen molar-refractivity contribution >= 4 is 27.3 Å². The van der Waals surface area contributed by atoms with Crippen LogP contribution in [0.2, 0.25) is 5.02 Å². The van der Waals surface area contributed by atoms with Gasteiger partial charge in [-0.25, -0.2) is 8.42 Å². The number of hydrogen-bond acceptors (Lipinski definition) is 3. The average Bonchev–Trinajstić information content (AvgIpc) is 3.00. The lowest BCUT2D eigenvalue weighted by Crippen LogP contribution is -2.13. The van der Waals surface area contributed by atoms with Crippen molar-refractivity contribution in [3.05, 3.63) is 77.6 Å². The van der Waals surface area contributed by atoms with Crippen molar-refractivity contribution in [2.24, 2.45) is 0 Å². The van der Waals surface area contributed by atoms with Gasteiger partial charge in [0.15, 0.2) is 0 Å². The molecule has 0 aliphatic heterocycles. The molecule has 23 heavy (non-hydrogen) atoms. The Hall–Kier alpha value is -2.31. The molecule has 0 saturated heterocycles. The molecule has 3 rings (SSSR count). The van der Waals surface area contributed by atoms with Crippen molar-refractivity contribution in [3.63, 3.8) is 0 Å². The number of benzene rings is 2. The van der Waals surface area contributed by atoms with E-state index in [0.29, 0.717) is 17.3 Å². The van der Waals surface area contributed by atoms with E-state index in [1.807, 2.05) is 18.3 Å². The van der Waals surface area contributed by atoms with Gasteiger partial charge in [0.25, 0.3) is 10.0 Å². The summed E-state index contributed by atoms with van der Waals surface area (Å²) in [5.74, 6) is 0. The van der Waals surface area contributed by atoms with Gasteiger partial charge in [-0.15, -0.1) is 0 Å². The first-order valence-electron chi connectivity index (χ1n) is 6.88. The van der Waals surface area contributed by atoms with Gasteiger partial charge in [0.2, 0.25) is 0 Å². The molecule has 7 heteroatoms. The Kier molecular flexibility index (Phi) is 4.36. The Morgan fingerprint density at radius 3 is 2.65 bits per heavy atom. The van der Waals surface area contributed by atoms with E-state index in [1.165, 1.54) is 12.1 Å². The smallest absolute Gasteiger partial charge is 0.261 e. The summed E-state index contributed by atoms with van der Waals surface area (Å²) in [5.41, 5.74) is 1.44. The van der Waals surface area contributed by atoms with E-state index in [4.69, 9.17) is 11.6 Å². The van der Waals surface area contributed by atoms with Gasteiger partial charge < -0.3 is 0 Å². The molecular weight excluding hydrogens is 334 g/mol. The van der Waals surface area contributed by atoms with Crippen LogP contribution >= 0.6 is 11.6 Å². The van der Waals surface area contributed by atoms with Crippen molar-refractivity contribution in [1.82, 2.24) is 9.78 Å². The molecule has 0 radical (unpaired) electrons. The zero-order valence-electron chi connectivity index (χ0n) is 12.1. The Morgan fingerprint density at radius 2 is 1.91 bits per heavy atom. The maximum Gasteiger partial charge on any atom is 0.261 e. The first-order valence-corrected chi connectivity index (χ1v) is 8.74. The monoisotopic (exact) mass is 347 g/mol. The summed E-state index contributed by atoms with van der Waals surface area (Å²) in [7, 11) is -3.67. The summed E-state index contributed by atoms with van der Waals surface area (Å²) in [4.78, 5) is 0.127. The van der Waals surface area contributed by atoms with Gasteiger partial charge in [-0.1, -0.05) is 29.8 Å². The minimum atomic E-state index is -3.67. The summed E-state index contributed by atoms with van der Waals surface area (Å²) in [6.07, 6.45) is 3.55. The second-order valence-electron chi connectivity index (χ2n) is 4.97. The molecule has 0 atom stereocenters. The average molecular weight is 348 g/mol. The van der Waals surface area contributed by atoms with Crippen molar-refractivity contribution in [2.75, 3.05) is 4.72 Å². The van der Waals surface area contributed by atoms with Crippen molar-refractivity contribution < 1.29 is 8.42 Å². The summed E-state index contributed by atoms with van der Waals surface area (Å²) in [6, 6.07) is 15.2. The fourth-order valence-corrected chi connectivity index (χ4v) is 3.51. The van der Waals surface area contributed by atoms with Crippen LogP contribution in [-0.4, -0.2) is 18.2 Å². The number of sulfonamides is 1. The van der Waals surface area contributed by atoms with Crippen LogP contribution in [0, 0.1) is 0 Å². The molecule has 2 aromatic carbocycles. The Labute approximate surface area is 139 Å². The minimum absolute atomic E-state index is 0.127. The maximum absolute atomic E-state index is 12.4. The second kappa shape index (κ2) is 6.44. The minimum Gasteiger partial charge on any atom is -0.280 e. The number of aromatic nitrogens is 2. The number of anilines is 1. The van der Waals surface area contributed by atoms with Gasteiger partial charge in [-0.2, -0.15) is 5.10 Å². The van der Waals surface area contributed by atoms with E-state index in [1.54, 1.807) is 41.2 Å². The molecule has 0 unspecified atom stereocenters. The molecule has 3 aromatic rings. The Bertz CT molecular complexity index is 909. The third-order valence-electron chi connectivity index (χ3n) is 3.19. The largest absolute Gasteiger partial charge is 0.280 e. The number of nitrogens with zero attached hydrogens (tertiary/aromatic N) is 2. The highest BCUT2D eigenvalue weighted by Gasteiger charge is 2.14. The quantitative estimate of drug-likeness (QED) is 0.769. The summed E-state index contributed by atoms with van der Waals surface area (Å²) >= 11 is 5.86. The highest BCUT2D eigenvalue weighted by molar-refractivity contribution is 7.92. The van der Waals surface area contributed by atoms with E-state index in [-0.39, 0.29) is 4.90 Å². The van der Waals surface area contributed by atoms with Gasteiger partial charge >= 0.3 is 0 Å². The van der Waals surface area contributed by atoms with Gasteiger partial charge in [0.1, 0.15) is 0 Å². The molecule has 118 valence electrons. The molecule has 0 aliphatic carbocycles. The lowest BCUT2D eigenvalue weighted by molar-refractivity contribution is 0.601.